The molecule has 3 rings (SSSR count). The lowest BCUT2D eigenvalue weighted by Crippen LogP contribution is -2.29. The van der Waals surface area contributed by atoms with Gasteiger partial charge in [-0.15, -0.1) is 0 Å². The zero-order valence-corrected chi connectivity index (χ0v) is 10.1. The Balaban J connectivity index is 2.11. The summed E-state index contributed by atoms with van der Waals surface area (Å²) in [7, 11) is 0. The average Bonchev–Trinajstić information content (AvgIpc) is 2.65. The molecule has 2 aromatic carbocycles. The van der Waals surface area contributed by atoms with Crippen LogP contribution >= 0.6 is 0 Å². The van der Waals surface area contributed by atoms with Gasteiger partial charge >= 0.3 is 0 Å². The first-order valence-electron chi connectivity index (χ1n) is 5.72. The predicted molar refractivity (Wildman–Crippen MR) is 68.4 cm³/mol. The van der Waals surface area contributed by atoms with E-state index in [2.05, 4.69) is 0 Å². The summed E-state index contributed by atoms with van der Waals surface area (Å²) < 4.78 is 26.2. The minimum Gasteiger partial charge on any atom is -0.399 e. The van der Waals surface area contributed by atoms with Crippen molar-refractivity contribution in [3.8, 4) is 0 Å². The van der Waals surface area contributed by atoms with E-state index in [0.717, 1.165) is 17.0 Å². The number of hydrogen-bond acceptors (Lipinski definition) is 3. The van der Waals surface area contributed by atoms with Gasteiger partial charge in [0.05, 0.1) is 16.8 Å². The van der Waals surface area contributed by atoms with Crippen LogP contribution in [-0.2, 0) is 0 Å². The maximum Gasteiger partial charge on any atom is 0.266 e. The largest absolute Gasteiger partial charge is 0.399 e. The Labute approximate surface area is 112 Å². The molecule has 1 aliphatic heterocycles. The number of nitrogen functional groups attached to an aromatic ring is 1. The number of imide groups is 1. The van der Waals surface area contributed by atoms with E-state index < -0.39 is 23.4 Å². The Morgan fingerprint density at radius 1 is 0.850 bits per heavy atom. The van der Waals surface area contributed by atoms with Gasteiger partial charge in [0, 0.05) is 11.8 Å². The number of benzene rings is 2. The number of carbonyl (C=O) groups is 2. The third kappa shape index (κ3) is 1.65. The van der Waals surface area contributed by atoms with Gasteiger partial charge < -0.3 is 5.73 Å². The van der Waals surface area contributed by atoms with Gasteiger partial charge in [-0.1, -0.05) is 0 Å². The molecule has 20 heavy (non-hydrogen) atoms. The maximum absolute atomic E-state index is 13.2. The maximum atomic E-state index is 13.2. The lowest BCUT2D eigenvalue weighted by Gasteiger charge is -2.13. The highest BCUT2D eigenvalue weighted by Gasteiger charge is 2.36. The quantitative estimate of drug-likeness (QED) is 0.641. The van der Waals surface area contributed by atoms with Crippen LogP contribution in [0.3, 0.4) is 0 Å². The van der Waals surface area contributed by atoms with Crippen molar-refractivity contribution in [2.24, 2.45) is 0 Å². The molecule has 0 bridgehead atoms. The van der Waals surface area contributed by atoms with E-state index in [-0.39, 0.29) is 16.8 Å². The third-order valence-corrected chi connectivity index (χ3v) is 3.07. The second-order valence-electron chi connectivity index (χ2n) is 4.35. The standard InChI is InChI=1S/C14H8F2N2O2/c15-11-4-2-8(6-12(11)16)18-13(19)9-3-1-7(17)5-10(9)14(18)20/h1-6H,17H2. The van der Waals surface area contributed by atoms with Gasteiger partial charge in [0.15, 0.2) is 11.6 Å². The molecule has 4 nitrogen and oxygen atoms in total. The van der Waals surface area contributed by atoms with Crippen LogP contribution in [0.2, 0.25) is 0 Å². The monoisotopic (exact) mass is 274 g/mol. The van der Waals surface area contributed by atoms with E-state index in [1.54, 1.807) is 0 Å². The van der Waals surface area contributed by atoms with Crippen molar-refractivity contribution in [2.75, 3.05) is 10.6 Å². The molecule has 0 atom stereocenters. The van der Waals surface area contributed by atoms with E-state index >= 15 is 0 Å². The summed E-state index contributed by atoms with van der Waals surface area (Å²) >= 11 is 0. The zero-order valence-electron chi connectivity index (χ0n) is 10.1. The molecule has 100 valence electrons. The van der Waals surface area contributed by atoms with Crippen molar-refractivity contribution in [2.45, 2.75) is 0 Å². The number of rotatable bonds is 1. The van der Waals surface area contributed by atoms with Crippen LogP contribution in [0.4, 0.5) is 20.2 Å². The van der Waals surface area contributed by atoms with E-state index in [4.69, 9.17) is 5.73 Å². The molecule has 0 aliphatic carbocycles. The van der Waals surface area contributed by atoms with Crippen molar-refractivity contribution in [3.05, 3.63) is 59.2 Å². The minimum atomic E-state index is -1.13. The Morgan fingerprint density at radius 2 is 1.55 bits per heavy atom. The Morgan fingerprint density at radius 3 is 2.25 bits per heavy atom. The number of amides is 2. The fraction of sp³-hybridized carbons (Fsp3) is 0. The Bertz CT molecular complexity index is 759. The minimum absolute atomic E-state index is 0.0197. The first-order valence-corrected chi connectivity index (χ1v) is 5.72. The SMILES string of the molecule is Nc1ccc2c(c1)C(=O)N(c1ccc(F)c(F)c1)C2=O. The number of nitrogens with two attached hydrogens (primary N) is 1. The molecule has 6 heteroatoms. The van der Waals surface area contributed by atoms with E-state index in [1.165, 1.54) is 24.3 Å². The second kappa shape index (κ2) is 4.12. The predicted octanol–water partition coefficient (Wildman–Crippen LogP) is 2.35. The molecule has 0 unspecified atom stereocenters. The van der Waals surface area contributed by atoms with Crippen molar-refractivity contribution in [1.82, 2.24) is 0 Å². The topological polar surface area (TPSA) is 63.4 Å². The molecule has 0 saturated heterocycles. The summed E-state index contributed by atoms with van der Waals surface area (Å²) in [5, 5.41) is 0. The highest BCUT2D eigenvalue weighted by Crippen LogP contribution is 2.30. The molecule has 1 heterocycles. The van der Waals surface area contributed by atoms with E-state index in [9.17, 15) is 18.4 Å². The summed E-state index contributed by atoms with van der Waals surface area (Å²) in [5.41, 5.74) is 6.24. The smallest absolute Gasteiger partial charge is 0.266 e. The number of carbonyl (C=O) groups excluding carboxylic acids is 2. The fourth-order valence-corrected chi connectivity index (χ4v) is 2.12. The van der Waals surface area contributed by atoms with Gasteiger partial charge in [0.2, 0.25) is 0 Å². The highest BCUT2D eigenvalue weighted by molar-refractivity contribution is 6.34. The van der Waals surface area contributed by atoms with E-state index in [0.29, 0.717) is 5.69 Å². The van der Waals surface area contributed by atoms with Crippen LogP contribution in [0.1, 0.15) is 20.7 Å². The normalized spacial score (nSPS) is 13.8. The molecule has 2 aromatic rings. The van der Waals surface area contributed by atoms with Crippen LogP contribution in [0.25, 0.3) is 0 Å². The number of halogens is 2. The third-order valence-electron chi connectivity index (χ3n) is 3.07. The van der Waals surface area contributed by atoms with Gasteiger partial charge in [-0.2, -0.15) is 0 Å². The summed E-state index contributed by atoms with van der Waals surface area (Å²) in [5.74, 6) is -3.37. The van der Waals surface area contributed by atoms with Crippen LogP contribution < -0.4 is 10.6 Å². The molecule has 0 saturated carbocycles. The molecule has 0 spiro atoms. The van der Waals surface area contributed by atoms with Gasteiger partial charge in [0.25, 0.3) is 11.8 Å². The lowest BCUT2D eigenvalue weighted by molar-refractivity contribution is 0.0926. The summed E-state index contributed by atoms with van der Waals surface area (Å²) in [6.07, 6.45) is 0. The van der Waals surface area contributed by atoms with Gasteiger partial charge in [-0.25, -0.2) is 13.7 Å². The summed E-state index contributed by atoms with van der Waals surface area (Å²) in [6, 6.07) is 7.16. The van der Waals surface area contributed by atoms with Crippen molar-refractivity contribution >= 4 is 23.2 Å². The van der Waals surface area contributed by atoms with Crippen LogP contribution in [0, 0.1) is 11.6 Å². The summed E-state index contributed by atoms with van der Waals surface area (Å²) in [6.45, 7) is 0. The first kappa shape index (κ1) is 12.3. The molecule has 2 N–H and O–H groups in total. The number of anilines is 2. The van der Waals surface area contributed by atoms with Gasteiger partial charge in [-0.3, -0.25) is 9.59 Å². The molecule has 0 aromatic heterocycles. The number of fused-ring (bicyclic) bond motifs is 1. The van der Waals surface area contributed by atoms with Crippen LogP contribution in [0.15, 0.2) is 36.4 Å². The fourth-order valence-electron chi connectivity index (χ4n) is 2.12. The van der Waals surface area contributed by atoms with Crippen molar-refractivity contribution < 1.29 is 18.4 Å². The van der Waals surface area contributed by atoms with Gasteiger partial charge in [-0.05, 0) is 30.3 Å². The summed E-state index contributed by atoms with van der Waals surface area (Å²) in [4.78, 5) is 25.2. The van der Waals surface area contributed by atoms with Crippen LogP contribution in [-0.4, -0.2) is 11.8 Å². The molecule has 1 aliphatic rings. The number of hydrogen-bond donors (Lipinski definition) is 1. The van der Waals surface area contributed by atoms with E-state index in [1.807, 2.05) is 0 Å². The first-order chi connectivity index (χ1) is 9.49. The highest BCUT2D eigenvalue weighted by atomic mass is 19.2. The molecule has 0 fully saturated rings. The molecular weight excluding hydrogens is 266 g/mol. The van der Waals surface area contributed by atoms with Crippen molar-refractivity contribution in [1.29, 1.82) is 0 Å². The van der Waals surface area contributed by atoms with Gasteiger partial charge in [0.1, 0.15) is 0 Å². The van der Waals surface area contributed by atoms with Crippen molar-refractivity contribution in [3.63, 3.8) is 0 Å². The molecule has 0 radical (unpaired) electrons. The van der Waals surface area contributed by atoms with Crippen LogP contribution in [0.5, 0.6) is 0 Å². The Hall–Kier alpha value is -2.76. The second-order valence-corrected chi connectivity index (χ2v) is 4.35. The Kier molecular flexibility index (Phi) is 2.53. The molecule has 2 amide bonds. The average molecular weight is 274 g/mol. The zero-order chi connectivity index (χ0) is 14.4. The number of nitrogens with zero attached hydrogens (tertiary/aromatic N) is 1. The molecular formula is C14H8F2N2O2. The lowest BCUT2D eigenvalue weighted by atomic mass is 10.1.